The van der Waals surface area contributed by atoms with Gasteiger partial charge < -0.3 is 4.90 Å². The van der Waals surface area contributed by atoms with Crippen LogP contribution in [0.2, 0.25) is 0 Å². The van der Waals surface area contributed by atoms with Gasteiger partial charge in [0.1, 0.15) is 0 Å². The molecule has 0 radical (unpaired) electrons. The molecule has 14 heavy (non-hydrogen) atoms. The molecule has 2 aliphatic heterocycles. The Morgan fingerprint density at radius 1 is 1.14 bits per heavy atom. The second kappa shape index (κ2) is 4.63. The Hall–Kier alpha value is -0.0800. The molecule has 0 aromatic rings. The van der Waals surface area contributed by atoms with Crippen molar-refractivity contribution in [2.24, 2.45) is 0 Å². The normalized spacial score (nSPS) is 36.4. The lowest BCUT2D eigenvalue weighted by Crippen LogP contribution is -2.47. The molecule has 2 heterocycles. The van der Waals surface area contributed by atoms with E-state index in [4.69, 9.17) is 0 Å². The van der Waals surface area contributed by atoms with Gasteiger partial charge in [-0.25, -0.2) is 0 Å². The summed E-state index contributed by atoms with van der Waals surface area (Å²) in [5.41, 5.74) is 0. The summed E-state index contributed by atoms with van der Waals surface area (Å²) in [6, 6.07) is 1.68. The van der Waals surface area contributed by atoms with Crippen LogP contribution in [0.3, 0.4) is 0 Å². The van der Waals surface area contributed by atoms with Crippen molar-refractivity contribution in [2.75, 3.05) is 26.2 Å². The SMILES string of the molecule is CCN1CCC(C)N2CCCCC2C1. The molecule has 2 fully saturated rings. The Morgan fingerprint density at radius 2 is 2.00 bits per heavy atom. The summed E-state index contributed by atoms with van der Waals surface area (Å²) in [5.74, 6) is 0. The lowest BCUT2D eigenvalue weighted by Gasteiger charge is -2.38. The summed E-state index contributed by atoms with van der Waals surface area (Å²) in [6.07, 6.45) is 5.67. The molecule has 2 unspecified atom stereocenters. The van der Waals surface area contributed by atoms with Crippen LogP contribution in [0.4, 0.5) is 0 Å². The van der Waals surface area contributed by atoms with Gasteiger partial charge >= 0.3 is 0 Å². The first-order valence-corrected chi connectivity index (χ1v) is 6.29. The van der Waals surface area contributed by atoms with Crippen LogP contribution in [0, 0.1) is 0 Å². The summed E-state index contributed by atoms with van der Waals surface area (Å²) >= 11 is 0. The van der Waals surface area contributed by atoms with Gasteiger partial charge in [0.25, 0.3) is 0 Å². The van der Waals surface area contributed by atoms with E-state index >= 15 is 0 Å². The van der Waals surface area contributed by atoms with E-state index in [1.807, 2.05) is 0 Å². The smallest absolute Gasteiger partial charge is 0.0226 e. The third kappa shape index (κ3) is 2.12. The molecule has 2 saturated heterocycles. The highest BCUT2D eigenvalue weighted by Gasteiger charge is 2.30. The highest BCUT2D eigenvalue weighted by molar-refractivity contribution is 4.86. The maximum Gasteiger partial charge on any atom is 0.0226 e. The number of hydrogen-bond acceptors (Lipinski definition) is 2. The molecule has 0 amide bonds. The van der Waals surface area contributed by atoms with Gasteiger partial charge in [0.2, 0.25) is 0 Å². The molecule has 2 aliphatic rings. The standard InChI is InChI=1S/C12H24N2/c1-3-13-9-7-11(2)14-8-5-4-6-12(14)10-13/h11-12H,3-10H2,1-2H3. The first-order valence-electron chi connectivity index (χ1n) is 6.29. The van der Waals surface area contributed by atoms with E-state index in [2.05, 4.69) is 23.6 Å². The zero-order chi connectivity index (χ0) is 9.97. The summed E-state index contributed by atoms with van der Waals surface area (Å²) in [5, 5.41) is 0. The molecular weight excluding hydrogens is 172 g/mol. The fourth-order valence-electron chi connectivity index (χ4n) is 3.01. The average molecular weight is 196 g/mol. The highest BCUT2D eigenvalue weighted by atomic mass is 15.3. The molecule has 0 bridgehead atoms. The van der Waals surface area contributed by atoms with Crippen LogP contribution in [0.25, 0.3) is 0 Å². The number of fused-ring (bicyclic) bond motifs is 1. The fourth-order valence-corrected chi connectivity index (χ4v) is 3.01. The Kier molecular flexibility index (Phi) is 3.45. The number of likely N-dealkylation sites (N-methyl/N-ethyl adjacent to an activating group) is 1. The molecule has 0 aromatic heterocycles. The van der Waals surface area contributed by atoms with E-state index in [-0.39, 0.29) is 0 Å². The number of rotatable bonds is 1. The second-order valence-corrected chi connectivity index (χ2v) is 4.92. The molecule has 0 aromatic carbocycles. The Morgan fingerprint density at radius 3 is 2.79 bits per heavy atom. The number of piperidine rings is 1. The minimum Gasteiger partial charge on any atom is -0.302 e. The van der Waals surface area contributed by atoms with Crippen molar-refractivity contribution >= 4 is 0 Å². The van der Waals surface area contributed by atoms with Gasteiger partial charge in [-0.15, -0.1) is 0 Å². The number of hydrogen-bond donors (Lipinski definition) is 0. The van der Waals surface area contributed by atoms with Gasteiger partial charge in [-0.3, -0.25) is 4.90 Å². The monoisotopic (exact) mass is 196 g/mol. The summed E-state index contributed by atoms with van der Waals surface area (Å²) in [4.78, 5) is 5.39. The molecule has 0 spiro atoms. The van der Waals surface area contributed by atoms with Crippen LogP contribution in [0.5, 0.6) is 0 Å². The highest BCUT2D eigenvalue weighted by Crippen LogP contribution is 2.24. The average Bonchev–Trinajstić information content (AvgIpc) is 2.39. The zero-order valence-electron chi connectivity index (χ0n) is 9.71. The quantitative estimate of drug-likeness (QED) is 0.632. The topological polar surface area (TPSA) is 6.48 Å². The van der Waals surface area contributed by atoms with Crippen molar-refractivity contribution in [1.82, 2.24) is 9.80 Å². The van der Waals surface area contributed by atoms with Crippen molar-refractivity contribution in [3.05, 3.63) is 0 Å². The predicted molar refractivity (Wildman–Crippen MR) is 60.5 cm³/mol. The van der Waals surface area contributed by atoms with Crippen LogP contribution >= 0.6 is 0 Å². The summed E-state index contributed by atoms with van der Waals surface area (Å²) in [7, 11) is 0. The zero-order valence-corrected chi connectivity index (χ0v) is 9.71. The van der Waals surface area contributed by atoms with Gasteiger partial charge in [-0.05, 0) is 45.8 Å². The van der Waals surface area contributed by atoms with E-state index in [0.717, 1.165) is 12.1 Å². The number of nitrogens with zero attached hydrogens (tertiary/aromatic N) is 2. The van der Waals surface area contributed by atoms with E-state index in [1.165, 1.54) is 51.9 Å². The molecule has 0 N–H and O–H groups in total. The van der Waals surface area contributed by atoms with Gasteiger partial charge in [-0.1, -0.05) is 13.3 Å². The molecule has 2 nitrogen and oxygen atoms in total. The van der Waals surface area contributed by atoms with E-state index in [1.54, 1.807) is 0 Å². The van der Waals surface area contributed by atoms with Crippen molar-refractivity contribution in [3.63, 3.8) is 0 Å². The summed E-state index contributed by atoms with van der Waals surface area (Å²) in [6.45, 7) is 9.92. The predicted octanol–water partition coefficient (Wildman–Crippen LogP) is 1.96. The lowest BCUT2D eigenvalue weighted by atomic mass is 10.0. The van der Waals surface area contributed by atoms with E-state index in [0.29, 0.717) is 0 Å². The fraction of sp³-hybridized carbons (Fsp3) is 1.00. The van der Waals surface area contributed by atoms with Gasteiger partial charge in [0, 0.05) is 18.6 Å². The Balaban J connectivity index is 2.02. The van der Waals surface area contributed by atoms with Crippen LogP contribution in [-0.4, -0.2) is 48.1 Å². The van der Waals surface area contributed by atoms with Crippen molar-refractivity contribution < 1.29 is 0 Å². The molecule has 0 saturated carbocycles. The largest absolute Gasteiger partial charge is 0.302 e. The van der Waals surface area contributed by atoms with Gasteiger partial charge in [0.15, 0.2) is 0 Å². The van der Waals surface area contributed by atoms with Crippen LogP contribution in [0.1, 0.15) is 39.5 Å². The van der Waals surface area contributed by atoms with Crippen LogP contribution < -0.4 is 0 Å². The molecule has 82 valence electrons. The molecule has 2 rings (SSSR count). The van der Waals surface area contributed by atoms with Crippen molar-refractivity contribution in [3.8, 4) is 0 Å². The third-order valence-corrected chi connectivity index (χ3v) is 4.02. The Bertz CT molecular complexity index is 181. The van der Waals surface area contributed by atoms with Crippen LogP contribution in [-0.2, 0) is 0 Å². The molecule has 2 heteroatoms. The minimum atomic E-state index is 0.817. The second-order valence-electron chi connectivity index (χ2n) is 4.92. The minimum absolute atomic E-state index is 0.817. The maximum atomic E-state index is 2.76. The lowest BCUT2D eigenvalue weighted by molar-refractivity contribution is 0.103. The molecule has 2 atom stereocenters. The Labute approximate surface area is 88.3 Å². The summed E-state index contributed by atoms with van der Waals surface area (Å²) < 4.78 is 0. The van der Waals surface area contributed by atoms with E-state index < -0.39 is 0 Å². The van der Waals surface area contributed by atoms with Crippen LogP contribution in [0.15, 0.2) is 0 Å². The van der Waals surface area contributed by atoms with E-state index in [9.17, 15) is 0 Å². The third-order valence-electron chi connectivity index (χ3n) is 4.02. The van der Waals surface area contributed by atoms with Crippen molar-refractivity contribution in [2.45, 2.75) is 51.6 Å². The van der Waals surface area contributed by atoms with Crippen molar-refractivity contribution in [1.29, 1.82) is 0 Å². The first-order chi connectivity index (χ1) is 6.81. The molecular formula is C12H24N2. The maximum absolute atomic E-state index is 2.76. The van der Waals surface area contributed by atoms with Gasteiger partial charge in [0.05, 0.1) is 0 Å². The first kappa shape index (κ1) is 10.4. The van der Waals surface area contributed by atoms with Gasteiger partial charge in [-0.2, -0.15) is 0 Å². The molecule has 0 aliphatic carbocycles.